The van der Waals surface area contributed by atoms with E-state index in [0.717, 1.165) is 0 Å². The minimum atomic E-state index is -0.426. The van der Waals surface area contributed by atoms with Gasteiger partial charge in [-0.25, -0.2) is 0 Å². The van der Waals surface area contributed by atoms with Gasteiger partial charge in [-0.15, -0.1) is 0 Å². The molecule has 1 rings (SSSR count). The van der Waals surface area contributed by atoms with Gasteiger partial charge in [0.1, 0.15) is 5.75 Å². The molecule has 0 fully saturated rings. The smallest absolute Gasteiger partial charge is 0.207 e. The van der Waals surface area contributed by atoms with Gasteiger partial charge in [-0.05, 0) is 17.7 Å². The Morgan fingerprint density at radius 2 is 2.21 bits per heavy atom. The molecule has 1 aromatic rings. The molecule has 5 heteroatoms. The third-order valence-electron chi connectivity index (χ3n) is 1.80. The Morgan fingerprint density at radius 3 is 2.71 bits per heavy atom. The number of carbonyl (C=O) groups is 1. The molecule has 0 aliphatic heterocycles. The van der Waals surface area contributed by atoms with Crippen LogP contribution in [0.1, 0.15) is 15.9 Å². The summed E-state index contributed by atoms with van der Waals surface area (Å²) in [6.45, 7) is -0.181. The minimum Gasteiger partial charge on any atom is -0.507 e. The fourth-order valence-electron chi connectivity index (χ4n) is 1.06. The lowest BCUT2D eigenvalue weighted by Gasteiger charge is -2.00. The summed E-state index contributed by atoms with van der Waals surface area (Å²) >= 11 is 0. The van der Waals surface area contributed by atoms with Crippen LogP contribution in [-0.4, -0.2) is 22.9 Å². The van der Waals surface area contributed by atoms with Gasteiger partial charge in [0.05, 0.1) is 5.56 Å². The molecule has 0 aliphatic carbocycles. The van der Waals surface area contributed by atoms with E-state index in [1.807, 2.05) is 0 Å². The average Bonchev–Trinajstić information content (AvgIpc) is 2.15. The van der Waals surface area contributed by atoms with Crippen LogP contribution < -0.4 is 0 Å². The number of hydrogen-bond acceptors (Lipinski definition) is 4. The molecular formula is C9H9NO4. The Morgan fingerprint density at radius 1 is 1.50 bits per heavy atom. The molecule has 0 saturated heterocycles. The van der Waals surface area contributed by atoms with Crippen LogP contribution in [0.15, 0.2) is 18.2 Å². The fraction of sp³-hybridized carbons (Fsp3) is 0.222. The number of nitrogens with zero attached hydrogens (tertiary/aromatic N) is 1. The lowest BCUT2D eigenvalue weighted by atomic mass is 10.1. The second-order valence-electron chi connectivity index (χ2n) is 2.82. The fourth-order valence-corrected chi connectivity index (χ4v) is 1.06. The van der Waals surface area contributed by atoms with E-state index in [-0.39, 0.29) is 24.3 Å². The van der Waals surface area contributed by atoms with E-state index in [2.05, 4.69) is 0 Å². The molecule has 0 atom stereocenters. The number of phenols is 1. The Labute approximate surface area is 80.1 Å². The van der Waals surface area contributed by atoms with Crippen molar-refractivity contribution in [2.45, 2.75) is 6.42 Å². The highest BCUT2D eigenvalue weighted by Gasteiger charge is 2.04. The number of carbonyl (C=O) groups excluding carboxylic acids is 1. The Balaban J connectivity index is 2.76. The number of aldehydes is 1. The standard InChI is InChI=1S/C9H9NO4/c11-6-8-2-1-7(5-9(8)12)3-4-10(13)14/h1-2,5-6,12H,3-4H2. The van der Waals surface area contributed by atoms with Gasteiger partial charge in [-0.3, -0.25) is 14.9 Å². The highest BCUT2D eigenvalue weighted by molar-refractivity contribution is 5.79. The highest BCUT2D eigenvalue weighted by Crippen LogP contribution is 2.17. The zero-order valence-electron chi connectivity index (χ0n) is 7.34. The molecule has 74 valence electrons. The summed E-state index contributed by atoms with van der Waals surface area (Å²) in [5.41, 5.74) is 0.833. The van der Waals surface area contributed by atoms with Gasteiger partial charge >= 0.3 is 0 Å². The molecule has 14 heavy (non-hydrogen) atoms. The van der Waals surface area contributed by atoms with E-state index in [4.69, 9.17) is 0 Å². The van der Waals surface area contributed by atoms with Crippen molar-refractivity contribution >= 4 is 6.29 Å². The van der Waals surface area contributed by atoms with E-state index < -0.39 is 4.92 Å². The maximum Gasteiger partial charge on any atom is 0.207 e. The number of rotatable bonds is 4. The summed E-state index contributed by atoms with van der Waals surface area (Å²) in [4.78, 5) is 20.0. The van der Waals surface area contributed by atoms with E-state index in [1.54, 1.807) is 6.07 Å². The van der Waals surface area contributed by atoms with Gasteiger partial charge in [-0.2, -0.15) is 0 Å². The van der Waals surface area contributed by atoms with Gasteiger partial charge in [0.25, 0.3) is 0 Å². The van der Waals surface area contributed by atoms with Crippen LogP contribution in [-0.2, 0) is 6.42 Å². The van der Waals surface area contributed by atoms with Crippen molar-refractivity contribution in [3.8, 4) is 5.75 Å². The van der Waals surface area contributed by atoms with E-state index >= 15 is 0 Å². The maximum atomic E-state index is 10.3. The summed E-state index contributed by atoms with van der Waals surface area (Å²) in [6.07, 6.45) is 0.784. The normalized spacial score (nSPS) is 9.71. The summed E-state index contributed by atoms with van der Waals surface area (Å²) in [6, 6.07) is 4.40. The van der Waals surface area contributed by atoms with Crippen LogP contribution in [0.25, 0.3) is 0 Å². The zero-order valence-corrected chi connectivity index (χ0v) is 7.34. The predicted octanol–water partition coefficient (Wildman–Crippen LogP) is 1.02. The third kappa shape index (κ3) is 2.55. The Kier molecular flexibility index (Phi) is 3.17. The number of benzene rings is 1. The molecule has 0 radical (unpaired) electrons. The van der Waals surface area contributed by atoms with Crippen LogP contribution in [0.5, 0.6) is 5.75 Å². The molecular weight excluding hydrogens is 186 g/mol. The molecule has 0 amide bonds. The largest absolute Gasteiger partial charge is 0.507 e. The zero-order chi connectivity index (χ0) is 10.6. The van der Waals surface area contributed by atoms with Crippen molar-refractivity contribution in [1.82, 2.24) is 0 Å². The molecule has 0 bridgehead atoms. The molecule has 0 aliphatic rings. The monoisotopic (exact) mass is 195 g/mol. The first-order valence-electron chi connectivity index (χ1n) is 4.02. The van der Waals surface area contributed by atoms with Crippen LogP contribution >= 0.6 is 0 Å². The number of nitro groups is 1. The lowest BCUT2D eigenvalue weighted by Crippen LogP contribution is -2.03. The van der Waals surface area contributed by atoms with Crippen molar-refractivity contribution in [2.75, 3.05) is 6.54 Å². The molecule has 1 N–H and O–H groups in total. The van der Waals surface area contributed by atoms with Gasteiger partial charge in [-0.1, -0.05) is 6.07 Å². The van der Waals surface area contributed by atoms with Gasteiger partial charge in [0.2, 0.25) is 6.54 Å². The summed E-state index contributed by atoms with van der Waals surface area (Å²) in [7, 11) is 0. The van der Waals surface area contributed by atoms with Crippen LogP contribution in [0.3, 0.4) is 0 Å². The van der Waals surface area contributed by atoms with E-state index in [1.165, 1.54) is 12.1 Å². The molecule has 5 nitrogen and oxygen atoms in total. The topological polar surface area (TPSA) is 80.4 Å². The molecule has 1 aromatic carbocycles. The Bertz CT molecular complexity index is 362. The second kappa shape index (κ2) is 4.36. The van der Waals surface area contributed by atoms with E-state index in [9.17, 15) is 20.0 Å². The van der Waals surface area contributed by atoms with Gasteiger partial charge in [0.15, 0.2) is 6.29 Å². The first-order chi connectivity index (χ1) is 6.63. The summed E-state index contributed by atoms with van der Waals surface area (Å²) in [5, 5.41) is 19.3. The quantitative estimate of drug-likeness (QED) is 0.442. The second-order valence-corrected chi connectivity index (χ2v) is 2.82. The van der Waals surface area contributed by atoms with E-state index in [0.29, 0.717) is 11.8 Å². The first kappa shape index (κ1) is 10.2. The third-order valence-corrected chi connectivity index (χ3v) is 1.80. The van der Waals surface area contributed by atoms with Crippen molar-refractivity contribution in [3.05, 3.63) is 39.4 Å². The number of hydrogen-bond donors (Lipinski definition) is 1. The van der Waals surface area contributed by atoms with Crippen LogP contribution in [0.4, 0.5) is 0 Å². The van der Waals surface area contributed by atoms with Crippen molar-refractivity contribution in [2.24, 2.45) is 0 Å². The number of aromatic hydroxyl groups is 1. The summed E-state index contributed by atoms with van der Waals surface area (Å²) in [5.74, 6) is -0.138. The average molecular weight is 195 g/mol. The van der Waals surface area contributed by atoms with Crippen molar-refractivity contribution in [3.63, 3.8) is 0 Å². The predicted molar refractivity (Wildman–Crippen MR) is 49.1 cm³/mol. The summed E-state index contributed by atoms with van der Waals surface area (Å²) < 4.78 is 0. The number of phenolic OH excluding ortho intramolecular Hbond substituents is 1. The lowest BCUT2D eigenvalue weighted by molar-refractivity contribution is -0.479. The molecule has 0 saturated carbocycles. The molecule has 0 spiro atoms. The van der Waals surface area contributed by atoms with Gasteiger partial charge < -0.3 is 5.11 Å². The Hall–Kier alpha value is -1.91. The maximum absolute atomic E-state index is 10.3. The molecule has 0 aromatic heterocycles. The minimum absolute atomic E-state index is 0.138. The van der Waals surface area contributed by atoms with Crippen LogP contribution in [0, 0.1) is 10.1 Å². The SMILES string of the molecule is O=Cc1ccc(CC[N+](=O)[O-])cc1O. The van der Waals surface area contributed by atoms with Crippen molar-refractivity contribution in [1.29, 1.82) is 0 Å². The first-order valence-corrected chi connectivity index (χ1v) is 4.02. The highest BCUT2D eigenvalue weighted by atomic mass is 16.6. The van der Waals surface area contributed by atoms with Gasteiger partial charge in [0, 0.05) is 11.3 Å². The van der Waals surface area contributed by atoms with Crippen molar-refractivity contribution < 1.29 is 14.8 Å². The molecule has 0 heterocycles. The van der Waals surface area contributed by atoms with Crippen LogP contribution in [0.2, 0.25) is 0 Å². The molecule has 0 unspecified atom stereocenters.